The van der Waals surface area contributed by atoms with E-state index < -0.39 is 11.8 Å². The van der Waals surface area contributed by atoms with E-state index in [1.807, 2.05) is 18.2 Å². The highest BCUT2D eigenvalue weighted by Crippen LogP contribution is 2.23. The Labute approximate surface area is 184 Å². The fourth-order valence-electron chi connectivity index (χ4n) is 2.61. The zero-order chi connectivity index (χ0) is 21.3. The van der Waals surface area contributed by atoms with E-state index in [9.17, 15) is 10.1 Å². The standard InChI is InChI=1S/C23H17Cl2N3O2/c24-19-9-8-18(22(25)12-19)15-30-20-10-6-16(7-11-20)14-27-28-23(29)21(13-26)17-4-2-1-3-5-17/h1-12,14,21H,15H2,(H,28,29)/b27-14-/t21-/m0/s1. The summed E-state index contributed by atoms with van der Waals surface area (Å²) in [5, 5.41) is 14.3. The quantitative estimate of drug-likeness (QED) is 0.400. The van der Waals surface area contributed by atoms with Gasteiger partial charge in [-0.05, 0) is 47.5 Å². The zero-order valence-electron chi connectivity index (χ0n) is 15.8. The fraction of sp³-hybridized carbons (Fsp3) is 0.0870. The van der Waals surface area contributed by atoms with E-state index in [-0.39, 0.29) is 0 Å². The van der Waals surface area contributed by atoms with Crippen molar-refractivity contribution < 1.29 is 9.53 Å². The predicted octanol–water partition coefficient (Wildman–Crippen LogP) is 5.33. The van der Waals surface area contributed by atoms with Gasteiger partial charge in [-0.2, -0.15) is 10.4 Å². The third kappa shape index (κ3) is 5.84. The van der Waals surface area contributed by atoms with Gasteiger partial charge in [0, 0.05) is 15.6 Å². The van der Waals surface area contributed by atoms with Crippen molar-refractivity contribution >= 4 is 35.3 Å². The van der Waals surface area contributed by atoms with Crippen LogP contribution in [0.5, 0.6) is 5.75 Å². The second kappa shape index (κ2) is 10.4. The second-order valence-corrected chi connectivity index (χ2v) is 7.14. The summed E-state index contributed by atoms with van der Waals surface area (Å²) in [5.74, 6) is -0.741. The summed E-state index contributed by atoms with van der Waals surface area (Å²) in [5.41, 5.74) is 4.62. The van der Waals surface area contributed by atoms with Crippen molar-refractivity contribution in [3.05, 3.63) is 99.5 Å². The summed E-state index contributed by atoms with van der Waals surface area (Å²) in [6.45, 7) is 0.314. The molecule has 0 saturated carbocycles. The molecule has 0 aliphatic carbocycles. The van der Waals surface area contributed by atoms with Crippen molar-refractivity contribution in [2.75, 3.05) is 0 Å². The monoisotopic (exact) mass is 437 g/mol. The molecule has 30 heavy (non-hydrogen) atoms. The molecule has 1 amide bonds. The van der Waals surface area contributed by atoms with E-state index in [4.69, 9.17) is 27.9 Å². The van der Waals surface area contributed by atoms with E-state index in [2.05, 4.69) is 10.5 Å². The molecule has 0 radical (unpaired) electrons. The number of nitrogens with one attached hydrogen (secondary N) is 1. The lowest BCUT2D eigenvalue weighted by Gasteiger charge is -2.08. The molecule has 0 saturated heterocycles. The zero-order valence-corrected chi connectivity index (χ0v) is 17.3. The number of halogens is 2. The largest absolute Gasteiger partial charge is 0.489 e. The first kappa shape index (κ1) is 21.4. The van der Waals surface area contributed by atoms with Gasteiger partial charge in [0.15, 0.2) is 5.92 Å². The van der Waals surface area contributed by atoms with E-state index >= 15 is 0 Å². The van der Waals surface area contributed by atoms with Gasteiger partial charge in [-0.3, -0.25) is 4.79 Å². The molecule has 0 aliphatic heterocycles. The average Bonchev–Trinajstić information content (AvgIpc) is 2.75. The molecule has 3 aromatic carbocycles. The summed E-state index contributed by atoms with van der Waals surface area (Å²) < 4.78 is 5.73. The number of hydrazone groups is 1. The van der Waals surface area contributed by atoms with Crippen molar-refractivity contribution in [2.24, 2.45) is 5.10 Å². The van der Waals surface area contributed by atoms with Gasteiger partial charge in [-0.1, -0.05) is 59.6 Å². The van der Waals surface area contributed by atoms with Crippen LogP contribution >= 0.6 is 23.2 Å². The van der Waals surface area contributed by atoms with Crippen LogP contribution in [0.3, 0.4) is 0 Å². The third-order valence-corrected chi connectivity index (χ3v) is 4.79. The maximum Gasteiger partial charge on any atom is 0.261 e. The Kier molecular flexibility index (Phi) is 7.45. The first-order valence-electron chi connectivity index (χ1n) is 9.01. The first-order valence-corrected chi connectivity index (χ1v) is 9.76. The molecule has 0 aromatic heterocycles. The van der Waals surface area contributed by atoms with Crippen molar-refractivity contribution in [1.29, 1.82) is 5.26 Å². The number of rotatable bonds is 7. The lowest BCUT2D eigenvalue weighted by atomic mass is 10.0. The molecule has 0 aliphatic rings. The maximum absolute atomic E-state index is 12.2. The van der Waals surface area contributed by atoms with Crippen molar-refractivity contribution in [1.82, 2.24) is 5.43 Å². The SMILES string of the molecule is N#C[C@H](C(=O)N/N=C\c1ccc(OCc2ccc(Cl)cc2Cl)cc1)c1ccccc1. The number of benzene rings is 3. The third-order valence-electron chi connectivity index (χ3n) is 4.20. The van der Waals surface area contributed by atoms with Gasteiger partial charge in [-0.15, -0.1) is 0 Å². The van der Waals surface area contributed by atoms with Crippen LogP contribution in [-0.2, 0) is 11.4 Å². The van der Waals surface area contributed by atoms with Crippen LogP contribution in [0.25, 0.3) is 0 Å². The molecule has 3 rings (SSSR count). The summed E-state index contributed by atoms with van der Waals surface area (Å²) in [6, 6.07) is 23.2. The maximum atomic E-state index is 12.2. The molecule has 0 unspecified atom stereocenters. The second-order valence-electron chi connectivity index (χ2n) is 6.30. The highest BCUT2D eigenvalue weighted by molar-refractivity contribution is 6.35. The molecule has 5 nitrogen and oxygen atoms in total. The lowest BCUT2D eigenvalue weighted by Crippen LogP contribution is -2.24. The van der Waals surface area contributed by atoms with E-state index in [0.717, 1.165) is 11.1 Å². The van der Waals surface area contributed by atoms with Crippen LogP contribution in [-0.4, -0.2) is 12.1 Å². The predicted molar refractivity (Wildman–Crippen MR) is 118 cm³/mol. The Morgan fingerprint density at radius 3 is 2.50 bits per heavy atom. The molecule has 150 valence electrons. The molecule has 1 atom stereocenters. The van der Waals surface area contributed by atoms with E-state index in [1.54, 1.807) is 60.7 Å². The van der Waals surface area contributed by atoms with Crippen LogP contribution in [0.1, 0.15) is 22.6 Å². The molecule has 7 heteroatoms. The summed E-state index contributed by atoms with van der Waals surface area (Å²) in [7, 11) is 0. The molecule has 0 spiro atoms. The highest BCUT2D eigenvalue weighted by atomic mass is 35.5. The lowest BCUT2D eigenvalue weighted by molar-refractivity contribution is -0.121. The van der Waals surface area contributed by atoms with E-state index in [1.165, 1.54) is 6.21 Å². The normalized spacial score (nSPS) is 11.6. The van der Waals surface area contributed by atoms with Gasteiger partial charge in [0.05, 0.1) is 12.3 Å². The number of nitrogens with zero attached hydrogens (tertiary/aromatic N) is 2. The van der Waals surface area contributed by atoms with Crippen LogP contribution in [0.15, 0.2) is 77.9 Å². The number of nitriles is 1. The number of ether oxygens (including phenoxy) is 1. The Bertz CT molecular complexity index is 1080. The Morgan fingerprint density at radius 2 is 1.83 bits per heavy atom. The summed E-state index contributed by atoms with van der Waals surface area (Å²) in [6.07, 6.45) is 1.50. The number of carbonyl (C=O) groups is 1. The summed E-state index contributed by atoms with van der Waals surface area (Å²) >= 11 is 12.0. The van der Waals surface area contributed by atoms with Crippen molar-refractivity contribution in [2.45, 2.75) is 12.5 Å². The molecule has 3 aromatic rings. The van der Waals surface area contributed by atoms with Crippen LogP contribution in [0.4, 0.5) is 0 Å². The Hall–Kier alpha value is -3.33. The molecule has 0 bridgehead atoms. The van der Waals surface area contributed by atoms with Gasteiger partial charge in [0.2, 0.25) is 0 Å². The molecule has 0 fully saturated rings. The van der Waals surface area contributed by atoms with Gasteiger partial charge >= 0.3 is 0 Å². The number of amides is 1. The minimum atomic E-state index is -0.918. The number of hydrogen-bond donors (Lipinski definition) is 1. The van der Waals surface area contributed by atoms with Crippen molar-refractivity contribution in [3.8, 4) is 11.8 Å². The van der Waals surface area contributed by atoms with Crippen molar-refractivity contribution in [3.63, 3.8) is 0 Å². The van der Waals surface area contributed by atoms with Crippen LogP contribution < -0.4 is 10.2 Å². The van der Waals surface area contributed by atoms with Gasteiger partial charge in [0.1, 0.15) is 12.4 Å². The van der Waals surface area contributed by atoms with Gasteiger partial charge < -0.3 is 4.74 Å². The topological polar surface area (TPSA) is 74.5 Å². The fourth-order valence-corrected chi connectivity index (χ4v) is 3.08. The van der Waals surface area contributed by atoms with Gasteiger partial charge in [-0.25, -0.2) is 5.43 Å². The number of carbonyl (C=O) groups excluding carboxylic acids is 1. The molecular weight excluding hydrogens is 421 g/mol. The minimum absolute atomic E-state index is 0.314. The average molecular weight is 438 g/mol. The number of hydrogen-bond acceptors (Lipinski definition) is 4. The van der Waals surface area contributed by atoms with Gasteiger partial charge in [0.25, 0.3) is 5.91 Å². The molecular formula is C23H17Cl2N3O2. The first-order chi connectivity index (χ1) is 14.6. The smallest absolute Gasteiger partial charge is 0.261 e. The minimum Gasteiger partial charge on any atom is -0.489 e. The summed E-state index contributed by atoms with van der Waals surface area (Å²) in [4.78, 5) is 12.2. The molecule has 0 heterocycles. The Balaban J connectivity index is 1.54. The van der Waals surface area contributed by atoms with Crippen LogP contribution in [0.2, 0.25) is 10.0 Å². The van der Waals surface area contributed by atoms with E-state index in [0.29, 0.717) is 28.0 Å². The highest BCUT2D eigenvalue weighted by Gasteiger charge is 2.19. The molecule has 1 N–H and O–H groups in total. The van der Waals surface area contributed by atoms with Crippen LogP contribution in [0, 0.1) is 11.3 Å². The Morgan fingerprint density at radius 1 is 1.10 bits per heavy atom.